The van der Waals surface area contributed by atoms with Crippen molar-refractivity contribution in [2.24, 2.45) is 11.7 Å². The van der Waals surface area contributed by atoms with E-state index >= 15 is 0 Å². The Morgan fingerprint density at radius 2 is 2.16 bits per heavy atom. The Morgan fingerprint density at radius 1 is 1.42 bits per heavy atom. The lowest BCUT2D eigenvalue weighted by molar-refractivity contribution is 0.242. The zero-order chi connectivity index (χ0) is 13.7. The Balaban J connectivity index is 2.07. The number of hydrogen-bond donors (Lipinski definition) is 2. The van der Waals surface area contributed by atoms with Crippen molar-refractivity contribution in [3.05, 3.63) is 18.3 Å². The highest BCUT2D eigenvalue weighted by atomic mass is 16.5. The van der Waals surface area contributed by atoms with Crippen molar-refractivity contribution in [2.75, 3.05) is 11.9 Å². The van der Waals surface area contributed by atoms with Crippen LogP contribution in [0.5, 0.6) is 5.75 Å². The van der Waals surface area contributed by atoms with Gasteiger partial charge in [-0.15, -0.1) is 0 Å². The maximum Gasteiger partial charge on any atom is 0.169 e. The Bertz CT molecular complexity index is 389. The average Bonchev–Trinajstić information content (AvgIpc) is 2.91. The van der Waals surface area contributed by atoms with Crippen LogP contribution >= 0.6 is 0 Å². The molecular weight excluding hydrogens is 238 g/mol. The molecule has 0 amide bonds. The van der Waals surface area contributed by atoms with Crippen LogP contribution in [-0.4, -0.2) is 23.7 Å². The molecule has 0 radical (unpaired) electrons. The van der Waals surface area contributed by atoms with Crippen molar-refractivity contribution in [1.29, 1.82) is 0 Å². The molecule has 1 saturated carbocycles. The molecule has 0 spiro atoms. The predicted octanol–water partition coefficient (Wildman–Crippen LogP) is 2.80. The molecule has 0 saturated heterocycles. The minimum atomic E-state index is 0.146. The number of aromatic nitrogens is 1. The van der Waals surface area contributed by atoms with Crippen molar-refractivity contribution in [3.63, 3.8) is 0 Å². The Hall–Kier alpha value is -1.29. The largest absolute Gasteiger partial charge is 0.487 e. The van der Waals surface area contributed by atoms with Crippen molar-refractivity contribution in [2.45, 2.75) is 51.7 Å². The summed E-state index contributed by atoms with van der Waals surface area (Å²) in [5.74, 6) is 2.30. The third-order valence-electron chi connectivity index (χ3n) is 3.68. The topological polar surface area (TPSA) is 60.2 Å². The van der Waals surface area contributed by atoms with Gasteiger partial charge in [0.15, 0.2) is 11.6 Å². The van der Waals surface area contributed by atoms with Gasteiger partial charge in [0.1, 0.15) is 0 Å². The van der Waals surface area contributed by atoms with E-state index in [0.29, 0.717) is 18.5 Å². The summed E-state index contributed by atoms with van der Waals surface area (Å²) in [7, 11) is 0. The number of nitrogens with two attached hydrogens (primary N) is 1. The van der Waals surface area contributed by atoms with Crippen LogP contribution in [0.15, 0.2) is 18.3 Å². The minimum Gasteiger partial charge on any atom is -0.487 e. The second-order valence-corrected chi connectivity index (χ2v) is 5.55. The molecule has 1 aromatic rings. The van der Waals surface area contributed by atoms with Crippen LogP contribution in [0.25, 0.3) is 0 Å². The quantitative estimate of drug-likeness (QED) is 0.828. The summed E-state index contributed by atoms with van der Waals surface area (Å²) >= 11 is 0. The SMILES string of the molecule is CC(C)Oc1cccnc1NC(CN)C1CCCC1. The summed E-state index contributed by atoms with van der Waals surface area (Å²) < 4.78 is 5.79. The first kappa shape index (κ1) is 14.1. The van der Waals surface area contributed by atoms with Gasteiger partial charge in [0.2, 0.25) is 0 Å². The maximum absolute atomic E-state index is 5.92. The Labute approximate surface area is 115 Å². The number of rotatable bonds is 6. The van der Waals surface area contributed by atoms with Gasteiger partial charge in [-0.2, -0.15) is 0 Å². The van der Waals surface area contributed by atoms with Crippen LogP contribution in [0.3, 0.4) is 0 Å². The molecule has 1 atom stereocenters. The third kappa shape index (κ3) is 3.83. The number of nitrogens with zero attached hydrogens (tertiary/aromatic N) is 1. The summed E-state index contributed by atoms with van der Waals surface area (Å²) in [6, 6.07) is 4.15. The second-order valence-electron chi connectivity index (χ2n) is 5.55. The predicted molar refractivity (Wildman–Crippen MR) is 78.4 cm³/mol. The molecule has 19 heavy (non-hydrogen) atoms. The van der Waals surface area contributed by atoms with Crippen LogP contribution in [0.4, 0.5) is 5.82 Å². The smallest absolute Gasteiger partial charge is 0.169 e. The van der Waals surface area contributed by atoms with E-state index in [0.717, 1.165) is 11.6 Å². The van der Waals surface area contributed by atoms with Crippen LogP contribution < -0.4 is 15.8 Å². The first-order valence-electron chi connectivity index (χ1n) is 7.29. The second kappa shape index (κ2) is 6.75. The molecule has 2 rings (SSSR count). The Kier molecular flexibility index (Phi) is 5.02. The van der Waals surface area contributed by atoms with Gasteiger partial charge >= 0.3 is 0 Å². The minimum absolute atomic E-state index is 0.146. The third-order valence-corrected chi connectivity index (χ3v) is 3.68. The van der Waals surface area contributed by atoms with Gasteiger partial charge in [-0.05, 0) is 44.7 Å². The lowest BCUT2D eigenvalue weighted by Gasteiger charge is -2.25. The zero-order valence-corrected chi connectivity index (χ0v) is 11.9. The number of nitrogens with one attached hydrogen (secondary N) is 1. The van der Waals surface area contributed by atoms with E-state index in [1.54, 1.807) is 6.20 Å². The Morgan fingerprint density at radius 3 is 2.79 bits per heavy atom. The summed E-state index contributed by atoms with van der Waals surface area (Å²) in [6.45, 7) is 4.69. The number of anilines is 1. The lowest BCUT2D eigenvalue weighted by Crippen LogP contribution is -2.35. The highest BCUT2D eigenvalue weighted by molar-refractivity contribution is 5.50. The zero-order valence-electron chi connectivity index (χ0n) is 11.9. The molecule has 4 nitrogen and oxygen atoms in total. The molecule has 1 fully saturated rings. The number of hydrogen-bond acceptors (Lipinski definition) is 4. The summed E-state index contributed by atoms with van der Waals surface area (Å²) in [4.78, 5) is 4.40. The van der Waals surface area contributed by atoms with E-state index in [-0.39, 0.29) is 6.10 Å². The van der Waals surface area contributed by atoms with Crippen LogP contribution in [-0.2, 0) is 0 Å². The summed E-state index contributed by atoms with van der Waals surface area (Å²) in [6.07, 6.45) is 7.11. The number of pyridine rings is 1. The van der Waals surface area contributed by atoms with E-state index in [4.69, 9.17) is 10.5 Å². The average molecular weight is 263 g/mol. The van der Waals surface area contributed by atoms with E-state index in [9.17, 15) is 0 Å². The molecule has 1 aliphatic carbocycles. The maximum atomic E-state index is 5.92. The molecule has 4 heteroatoms. The fraction of sp³-hybridized carbons (Fsp3) is 0.667. The van der Waals surface area contributed by atoms with E-state index in [1.807, 2.05) is 26.0 Å². The van der Waals surface area contributed by atoms with Gasteiger partial charge in [-0.3, -0.25) is 0 Å². The highest BCUT2D eigenvalue weighted by Gasteiger charge is 2.25. The molecule has 1 heterocycles. The molecule has 1 aliphatic rings. The number of ether oxygens (including phenoxy) is 1. The molecule has 1 aromatic heterocycles. The summed E-state index contributed by atoms with van der Waals surface area (Å²) in [5, 5.41) is 3.48. The molecule has 1 unspecified atom stereocenters. The van der Waals surface area contributed by atoms with Gasteiger partial charge in [-0.25, -0.2) is 4.98 Å². The van der Waals surface area contributed by atoms with Gasteiger partial charge in [0.25, 0.3) is 0 Å². The van der Waals surface area contributed by atoms with Gasteiger partial charge in [0.05, 0.1) is 6.10 Å². The van der Waals surface area contributed by atoms with E-state index < -0.39 is 0 Å². The molecule has 106 valence electrons. The van der Waals surface area contributed by atoms with Gasteiger partial charge < -0.3 is 15.8 Å². The highest BCUT2D eigenvalue weighted by Crippen LogP contribution is 2.31. The molecule has 0 aromatic carbocycles. The van der Waals surface area contributed by atoms with Gasteiger partial charge in [-0.1, -0.05) is 12.8 Å². The van der Waals surface area contributed by atoms with E-state index in [1.165, 1.54) is 25.7 Å². The van der Waals surface area contributed by atoms with Crippen molar-refractivity contribution in [3.8, 4) is 5.75 Å². The normalized spacial score (nSPS) is 17.7. The van der Waals surface area contributed by atoms with Crippen LogP contribution in [0, 0.1) is 5.92 Å². The summed E-state index contributed by atoms with van der Waals surface area (Å²) in [5.41, 5.74) is 5.92. The van der Waals surface area contributed by atoms with E-state index in [2.05, 4.69) is 10.3 Å². The monoisotopic (exact) mass is 263 g/mol. The first-order chi connectivity index (χ1) is 9.20. The molecule has 0 bridgehead atoms. The van der Waals surface area contributed by atoms with Crippen molar-refractivity contribution < 1.29 is 4.74 Å². The van der Waals surface area contributed by atoms with Crippen LogP contribution in [0.1, 0.15) is 39.5 Å². The van der Waals surface area contributed by atoms with Gasteiger partial charge in [0, 0.05) is 18.8 Å². The molecular formula is C15H25N3O. The first-order valence-corrected chi connectivity index (χ1v) is 7.29. The van der Waals surface area contributed by atoms with Crippen molar-refractivity contribution in [1.82, 2.24) is 4.98 Å². The lowest BCUT2D eigenvalue weighted by atomic mass is 9.98. The fourth-order valence-electron chi connectivity index (χ4n) is 2.75. The standard InChI is InChI=1S/C15H25N3O/c1-11(2)19-14-8-5-9-17-15(14)18-13(10-16)12-6-3-4-7-12/h5,8-9,11-13H,3-4,6-7,10,16H2,1-2H3,(H,17,18). The van der Waals surface area contributed by atoms with Crippen molar-refractivity contribution >= 4 is 5.82 Å². The molecule has 3 N–H and O–H groups in total. The fourth-order valence-corrected chi connectivity index (χ4v) is 2.75. The van der Waals surface area contributed by atoms with Crippen LogP contribution in [0.2, 0.25) is 0 Å². The molecule has 0 aliphatic heterocycles.